The molecule has 0 aromatic carbocycles. The predicted octanol–water partition coefficient (Wildman–Crippen LogP) is 2.43. The van der Waals surface area contributed by atoms with Gasteiger partial charge in [-0.3, -0.25) is 9.30 Å². The van der Waals surface area contributed by atoms with Crippen LogP contribution in [0.4, 0.5) is 18.0 Å². The summed E-state index contributed by atoms with van der Waals surface area (Å²) in [5.74, 6) is -0.944. The number of halogens is 3. The predicted molar refractivity (Wildman–Crippen MR) is 68.9 cm³/mol. The number of carbonyl (C=O) groups excluding carboxylic acids is 1. The molecule has 11 heteroatoms. The standard InChI is InChI=1S/C10H20F3N2O5P/c1-4-19-21(17,20-5-2)8(3)15-9(16)14-6-7-18-10(11,12)13/h8H,4-7H2,1-3H3,(H2,14,15,16). The van der Waals surface area contributed by atoms with E-state index in [1.54, 1.807) is 13.8 Å². The molecule has 0 aliphatic rings. The Balaban J connectivity index is 4.21. The molecule has 0 aliphatic carbocycles. The number of carbonyl (C=O) groups is 1. The van der Waals surface area contributed by atoms with Gasteiger partial charge in [-0.1, -0.05) is 0 Å². The summed E-state index contributed by atoms with van der Waals surface area (Å²) in [7, 11) is -3.51. The van der Waals surface area contributed by atoms with Crippen molar-refractivity contribution < 1.29 is 36.3 Å². The second-order valence-electron chi connectivity index (χ2n) is 3.75. The van der Waals surface area contributed by atoms with E-state index in [2.05, 4.69) is 15.4 Å². The van der Waals surface area contributed by atoms with Crippen molar-refractivity contribution in [3.63, 3.8) is 0 Å². The molecule has 0 fully saturated rings. The van der Waals surface area contributed by atoms with E-state index in [0.717, 1.165) is 0 Å². The molecule has 0 heterocycles. The van der Waals surface area contributed by atoms with Crippen LogP contribution in [0.1, 0.15) is 20.8 Å². The molecule has 0 rings (SSSR count). The Morgan fingerprint density at radius 2 is 1.76 bits per heavy atom. The molecule has 0 bridgehead atoms. The number of rotatable bonds is 9. The van der Waals surface area contributed by atoms with Crippen LogP contribution in [0.3, 0.4) is 0 Å². The molecule has 0 aromatic rings. The summed E-state index contributed by atoms with van der Waals surface area (Å²) in [4.78, 5) is 11.4. The number of amides is 2. The summed E-state index contributed by atoms with van der Waals surface area (Å²) < 4.78 is 60.9. The van der Waals surface area contributed by atoms with Gasteiger partial charge < -0.3 is 19.7 Å². The normalized spacial score (nSPS) is 13.8. The van der Waals surface area contributed by atoms with Crippen LogP contribution in [0, 0.1) is 0 Å². The first-order chi connectivity index (χ1) is 9.64. The smallest absolute Gasteiger partial charge is 0.336 e. The fourth-order valence-corrected chi connectivity index (χ4v) is 2.79. The Labute approximate surface area is 121 Å². The van der Waals surface area contributed by atoms with Gasteiger partial charge in [0.2, 0.25) is 0 Å². The summed E-state index contributed by atoms with van der Waals surface area (Å²) in [6.45, 7) is 3.83. The largest absolute Gasteiger partial charge is 0.522 e. The maximum Gasteiger partial charge on any atom is 0.522 e. The highest BCUT2D eigenvalue weighted by Gasteiger charge is 2.33. The zero-order valence-corrected chi connectivity index (χ0v) is 12.9. The molecule has 1 atom stereocenters. The zero-order valence-electron chi connectivity index (χ0n) is 12.0. The molecule has 126 valence electrons. The van der Waals surface area contributed by atoms with E-state index in [-0.39, 0.29) is 19.8 Å². The van der Waals surface area contributed by atoms with Crippen molar-refractivity contribution in [2.24, 2.45) is 0 Å². The third-order valence-electron chi connectivity index (χ3n) is 2.09. The molecule has 2 N–H and O–H groups in total. The van der Waals surface area contributed by atoms with E-state index >= 15 is 0 Å². The van der Waals surface area contributed by atoms with Gasteiger partial charge in [-0.15, -0.1) is 13.2 Å². The van der Waals surface area contributed by atoms with Crippen LogP contribution in [0.15, 0.2) is 0 Å². The average molecular weight is 336 g/mol. The van der Waals surface area contributed by atoms with Crippen LogP contribution in [-0.2, 0) is 18.3 Å². The van der Waals surface area contributed by atoms with E-state index in [0.29, 0.717) is 0 Å². The molecule has 2 amide bonds. The summed E-state index contributed by atoms with van der Waals surface area (Å²) in [6, 6.07) is -0.798. The summed E-state index contributed by atoms with van der Waals surface area (Å²) in [6.07, 6.45) is -4.74. The van der Waals surface area contributed by atoms with Crippen molar-refractivity contribution >= 4 is 13.6 Å². The Morgan fingerprint density at radius 3 is 2.19 bits per heavy atom. The highest BCUT2D eigenvalue weighted by molar-refractivity contribution is 7.54. The van der Waals surface area contributed by atoms with Crippen molar-refractivity contribution in [3.05, 3.63) is 0 Å². The Hall–Kier alpha value is -0.830. The van der Waals surface area contributed by atoms with Gasteiger partial charge in [0.05, 0.1) is 19.8 Å². The van der Waals surface area contributed by atoms with Crippen LogP contribution >= 0.6 is 7.60 Å². The van der Waals surface area contributed by atoms with Gasteiger partial charge >= 0.3 is 20.0 Å². The molecule has 0 saturated heterocycles. The first-order valence-corrected chi connectivity index (χ1v) is 7.89. The fraction of sp³-hybridized carbons (Fsp3) is 0.900. The van der Waals surface area contributed by atoms with Gasteiger partial charge in [-0.2, -0.15) is 0 Å². The Bertz CT molecular complexity index is 357. The number of hydrogen-bond acceptors (Lipinski definition) is 5. The Kier molecular flexibility index (Phi) is 8.88. The molecular weight excluding hydrogens is 316 g/mol. The van der Waals surface area contributed by atoms with Crippen molar-refractivity contribution in [2.75, 3.05) is 26.4 Å². The van der Waals surface area contributed by atoms with E-state index < -0.39 is 32.4 Å². The van der Waals surface area contributed by atoms with Gasteiger partial charge in [0.1, 0.15) is 5.78 Å². The lowest BCUT2D eigenvalue weighted by Gasteiger charge is -2.24. The Morgan fingerprint density at radius 1 is 1.24 bits per heavy atom. The molecule has 0 saturated carbocycles. The minimum Gasteiger partial charge on any atom is -0.336 e. The average Bonchev–Trinajstić information content (AvgIpc) is 2.34. The lowest BCUT2D eigenvalue weighted by atomic mass is 10.6. The molecule has 0 aliphatic heterocycles. The molecular formula is C10H20F3N2O5P. The molecule has 0 aromatic heterocycles. The zero-order chi connectivity index (χ0) is 16.5. The first kappa shape index (κ1) is 20.2. The number of alkyl halides is 3. The van der Waals surface area contributed by atoms with E-state index in [1.807, 2.05) is 0 Å². The van der Waals surface area contributed by atoms with Crippen LogP contribution in [-0.4, -0.2) is 44.5 Å². The van der Waals surface area contributed by atoms with Crippen LogP contribution in [0.25, 0.3) is 0 Å². The monoisotopic (exact) mass is 336 g/mol. The quantitative estimate of drug-likeness (QED) is 0.499. The van der Waals surface area contributed by atoms with Gasteiger partial charge in [0.25, 0.3) is 0 Å². The van der Waals surface area contributed by atoms with E-state index in [1.165, 1.54) is 6.92 Å². The van der Waals surface area contributed by atoms with Crippen molar-refractivity contribution in [1.82, 2.24) is 10.6 Å². The van der Waals surface area contributed by atoms with E-state index in [4.69, 9.17) is 9.05 Å². The topological polar surface area (TPSA) is 85.9 Å². The number of hydrogen-bond donors (Lipinski definition) is 2. The third kappa shape index (κ3) is 8.92. The second kappa shape index (κ2) is 9.24. The number of nitrogens with one attached hydrogen (secondary N) is 2. The van der Waals surface area contributed by atoms with Gasteiger partial charge in [-0.25, -0.2) is 4.79 Å². The molecule has 7 nitrogen and oxygen atoms in total. The highest BCUT2D eigenvalue weighted by atomic mass is 31.2. The lowest BCUT2D eigenvalue weighted by molar-refractivity contribution is -0.323. The highest BCUT2D eigenvalue weighted by Crippen LogP contribution is 2.51. The van der Waals surface area contributed by atoms with Gasteiger partial charge in [0, 0.05) is 6.54 Å². The first-order valence-electron chi connectivity index (χ1n) is 6.28. The van der Waals surface area contributed by atoms with Crippen LogP contribution in [0.2, 0.25) is 0 Å². The van der Waals surface area contributed by atoms with Crippen molar-refractivity contribution in [1.29, 1.82) is 0 Å². The van der Waals surface area contributed by atoms with Crippen molar-refractivity contribution in [3.8, 4) is 0 Å². The molecule has 21 heavy (non-hydrogen) atoms. The second-order valence-corrected chi connectivity index (χ2v) is 6.12. The van der Waals surface area contributed by atoms with Crippen LogP contribution < -0.4 is 10.6 Å². The summed E-state index contributed by atoms with van der Waals surface area (Å²) in [5, 5.41) is 4.42. The summed E-state index contributed by atoms with van der Waals surface area (Å²) in [5.41, 5.74) is 0. The molecule has 1 unspecified atom stereocenters. The lowest BCUT2D eigenvalue weighted by Crippen LogP contribution is -2.42. The van der Waals surface area contributed by atoms with E-state index in [9.17, 15) is 22.5 Å². The van der Waals surface area contributed by atoms with Crippen LogP contribution in [0.5, 0.6) is 0 Å². The van der Waals surface area contributed by atoms with Crippen molar-refractivity contribution in [2.45, 2.75) is 32.9 Å². The SMILES string of the molecule is CCOP(=O)(OCC)C(C)NC(=O)NCCOC(F)(F)F. The summed E-state index contributed by atoms with van der Waals surface area (Å²) >= 11 is 0. The third-order valence-corrected chi connectivity index (χ3v) is 4.40. The minimum atomic E-state index is -4.74. The fourth-order valence-electron chi connectivity index (χ4n) is 1.27. The maximum absolute atomic E-state index is 12.2. The molecule has 0 spiro atoms. The van der Waals surface area contributed by atoms with Gasteiger partial charge in [0.15, 0.2) is 0 Å². The molecule has 0 radical (unpaired) electrons. The minimum absolute atomic E-state index is 0.129. The number of ether oxygens (including phenoxy) is 1. The van der Waals surface area contributed by atoms with Gasteiger partial charge in [-0.05, 0) is 20.8 Å². The maximum atomic E-state index is 12.2. The number of urea groups is 1.